The summed E-state index contributed by atoms with van der Waals surface area (Å²) < 4.78 is 7.12. The number of pyridine rings is 1. The molecule has 0 fully saturated rings. The number of benzene rings is 1. The molecule has 0 radical (unpaired) electrons. The molecule has 98 valence electrons. The second kappa shape index (κ2) is 5.33. The van der Waals surface area contributed by atoms with Crippen LogP contribution in [0.4, 0.5) is 0 Å². The third-order valence-electron chi connectivity index (χ3n) is 3.57. The van der Waals surface area contributed by atoms with Crippen LogP contribution in [0.5, 0.6) is 5.88 Å². The molecular formula is C16H16BrNO. The van der Waals surface area contributed by atoms with Gasteiger partial charge in [0, 0.05) is 16.2 Å². The van der Waals surface area contributed by atoms with Crippen molar-refractivity contribution in [2.45, 2.75) is 32.3 Å². The summed E-state index contributed by atoms with van der Waals surface area (Å²) in [6.45, 7) is 2.03. The Balaban J connectivity index is 1.88. The highest BCUT2D eigenvalue weighted by Gasteiger charge is 2.22. The molecule has 1 unspecified atom stereocenters. The molecule has 0 N–H and O–H groups in total. The normalized spacial score (nSPS) is 17.9. The minimum atomic E-state index is 0.136. The summed E-state index contributed by atoms with van der Waals surface area (Å²) in [6.07, 6.45) is 5.32. The van der Waals surface area contributed by atoms with Gasteiger partial charge >= 0.3 is 0 Å². The van der Waals surface area contributed by atoms with Crippen molar-refractivity contribution in [3.8, 4) is 5.88 Å². The van der Waals surface area contributed by atoms with Crippen molar-refractivity contribution in [2.24, 2.45) is 0 Å². The lowest BCUT2D eigenvalue weighted by Crippen LogP contribution is -2.16. The molecule has 0 saturated heterocycles. The molecule has 3 rings (SSSR count). The summed E-state index contributed by atoms with van der Waals surface area (Å²) in [5, 5.41) is 0. The van der Waals surface area contributed by atoms with E-state index in [0.717, 1.165) is 28.8 Å². The van der Waals surface area contributed by atoms with Gasteiger partial charge in [-0.05, 0) is 59.3 Å². The molecule has 2 aromatic rings. The number of aromatic nitrogens is 1. The van der Waals surface area contributed by atoms with E-state index in [9.17, 15) is 0 Å². The Hall–Kier alpha value is -1.35. The fourth-order valence-electron chi connectivity index (χ4n) is 2.62. The Morgan fingerprint density at radius 1 is 1.32 bits per heavy atom. The van der Waals surface area contributed by atoms with Gasteiger partial charge in [0.1, 0.15) is 6.10 Å². The number of ether oxygens (including phenoxy) is 1. The molecule has 1 atom stereocenters. The van der Waals surface area contributed by atoms with Crippen molar-refractivity contribution in [2.75, 3.05) is 0 Å². The van der Waals surface area contributed by atoms with E-state index in [1.165, 1.54) is 17.5 Å². The van der Waals surface area contributed by atoms with Crippen LogP contribution in [0.3, 0.4) is 0 Å². The van der Waals surface area contributed by atoms with E-state index in [2.05, 4.69) is 45.2 Å². The summed E-state index contributed by atoms with van der Waals surface area (Å²) in [4.78, 5) is 4.38. The number of nitrogens with zero attached hydrogens (tertiary/aromatic N) is 1. The highest BCUT2D eigenvalue weighted by molar-refractivity contribution is 9.10. The zero-order valence-corrected chi connectivity index (χ0v) is 12.5. The molecule has 0 aliphatic heterocycles. The van der Waals surface area contributed by atoms with Gasteiger partial charge in [-0.25, -0.2) is 4.98 Å². The molecule has 0 saturated carbocycles. The molecule has 0 spiro atoms. The third-order valence-corrected chi connectivity index (χ3v) is 4.00. The summed E-state index contributed by atoms with van der Waals surface area (Å²) in [5.74, 6) is 0.741. The topological polar surface area (TPSA) is 22.1 Å². The predicted octanol–water partition coefficient (Wildman–Crippen LogP) is 4.61. The molecule has 19 heavy (non-hydrogen) atoms. The van der Waals surface area contributed by atoms with Crippen molar-refractivity contribution in [1.29, 1.82) is 0 Å². The number of rotatable bonds is 2. The maximum atomic E-state index is 6.14. The fourth-order valence-corrected chi connectivity index (χ4v) is 3.06. The van der Waals surface area contributed by atoms with Crippen molar-refractivity contribution < 1.29 is 4.74 Å². The Morgan fingerprint density at radius 2 is 2.16 bits per heavy atom. The third kappa shape index (κ3) is 2.66. The van der Waals surface area contributed by atoms with Crippen LogP contribution in [0, 0.1) is 6.92 Å². The SMILES string of the molecule is Cc1cc(Br)cnc1OC1CCCc2ccccc21. The number of fused-ring (bicyclic) bond motifs is 1. The first-order chi connectivity index (χ1) is 9.24. The Kier molecular flexibility index (Phi) is 3.56. The Labute approximate surface area is 122 Å². The first-order valence-electron chi connectivity index (χ1n) is 6.60. The second-order valence-corrected chi connectivity index (χ2v) is 5.89. The molecule has 2 nitrogen and oxygen atoms in total. The van der Waals surface area contributed by atoms with Crippen LogP contribution in [0.25, 0.3) is 0 Å². The van der Waals surface area contributed by atoms with E-state index in [0.29, 0.717) is 0 Å². The van der Waals surface area contributed by atoms with Crippen molar-refractivity contribution in [3.05, 3.63) is 57.7 Å². The molecule has 1 aliphatic carbocycles. The smallest absolute Gasteiger partial charge is 0.216 e. The molecule has 0 bridgehead atoms. The van der Waals surface area contributed by atoms with E-state index in [-0.39, 0.29) is 6.10 Å². The standard InChI is InChI=1S/C16H16BrNO/c1-11-9-13(17)10-18-16(11)19-15-8-4-6-12-5-2-3-7-14(12)15/h2-3,5,7,9-10,15H,4,6,8H2,1H3. The zero-order valence-electron chi connectivity index (χ0n) is 10.9. The van der Waals surface area contributed by atoms with Gasteiger partial charge in [-0.3, -0.25) is 0 Å². The fraction of sp³-hybridized carbons (Fsp3) is 0.312. The first-order valence-corrected chi connectivity index (χ1v) is 7.40. The van der Waals surface area contributed by atoms with Gasteiger partial charge < -0.3 is 4.74 Å². The van der Waals surface area contributed by atoms with E-state index in [4.69, 9.17) is 4.74 Å². The van der Waals surface area contributed by atoms with E-state index >= 15 is 0 Å². The number of aryl methyl sites for hydroxylation is 2. The van der Waals surface area contributed by atoms with Gasteiger partial charge in [-0.1, -0.05) is 24.3 Å². The second-order valence-electron chi connectivity index (χ2n) is 4.97. The summed E-state index contributed by atoms with van der Waals surface area (Å²) in [5.41, 5.74) is 3.80. The van der Waals surface area contributed by atoms with Crippen LogP contribution >= 0.6 is 15.9 Å². The highest BCUT2D eigenvalue weighted by atomic mass is 79.9. The zero-order chi connectivity index (χ0) is 13.2. The maximum Gasteiger partial charge on any atom is 0.216 e. The molecule has 3 heteroatoms. The lowest BCUT2D eigenvalue weighted by atomic mass is 9.89. The quantitative estimate of drug-likeness (QED) is 0.807. The van der Waals surface area contributed by atoms with Gasteiger partial charge in [0.05, 0.1) is 0 Å². The van der Waals surface area contributed by atoms with Gasteiger partial charge in [0.2, 0.25) is 5.88 Å². The monoisotopic (exact) mass is 317 g/mol. The van der Waals surface area contributed by atoms with Crippen molar-refractivity contribution in [3.63, 3.8) is 0 Å². The van der Waals surface area contributed by atoms with Crippen LogP contribution in [0.2, 0.25) is 0 Å². The first kappa shape index (κ1) is 12.7. The van der Waals surface area contributed by atoms with Crippen molar-refractivity contribution in [1.82, 2.24) is 4.98 Å². The summed E-state index contributed by atoms with van der Waals surface area (Å²) in [6, 6.07) is 10.6. The minimum absolute atomic E-state index is 0.136. The van der Waals surface area contributed by atoms with Gasteiger partial charge in [-0.2, -0.15) is 0 Å². The molecule has 0 amide bonds. The highest BCUT2D eigenvalue weighted by Crippen LogP contribution is 2.34. The van der Waals surface area contributed by atoms with Crippen molar-refractivity contribution >= 4 is 15.9 Å². The molecule has 1 aromatic carbocycles. The van der Waals surface area contributed by atoms with Crippen LogP contribution in [0.15, 0.2) is 41.0 Å². The molecular weight excluding hydrogens is 302 g/mol. The average molecular weight is 318 g/mol. The number of halogens is 1. The Bertz CT molecular complexity index is 597. The van der Waals surface area contributed by atoms with E-state index in [1.54, 1.807) is 6.20 Å². The van der Waals surface area contributed by atoms with Gasteiger partial charge in [0.15, 0.2) is 0 Å². The van der Waals surface area contributed by atoms with Gasteiger partial charge in [-0.15, -0.1) is 0 Å². The largest absolute Gasteiger partial charge is 0.469 e. The molecule has 1 aliphatic rings. The van der Waals surface area contributed by atoms with E-state index < -0.39 is 0 Å². The van der Waals surface area contributed by atoms with Crippen LogP contribution < -0.4 is 4.74 Å². The summed E-state index contributed by atoms with van der Waals surface area (Å²) in [7, 11) is 0. The van der Waals surface area contributed by atoms with Crippen LogP contribution in [0.1, 0.15) is 35.6 Å². The van der Waals surface area contributed by atoms with Crippen LogP contribution in [-0.4, -0.2) is 4.98 Å². The average Bonchev–Trinajstić information content (AvgIpc) is 2.42. The molecule has 1 heterocycles. The molecule has 1 aromatic heterocycles. The number of hydrogen-bond acceptors (Lipinski definition) is 2. The Morgan fingerprint density at radius 3 is 3.00 bits per heavy atom. The minimum Gasteiger partial charge on any atom is -0.469 e. The predicted molar refractivity (Wildman–Crippen MR) is 79.4 cm³/mol. The van der Waals surface area contributed by atoms with Gasteiger partial charge in [0.25, 0.3) is 0 Å². The maximum absolute atomic E-state index is 6.14. The lowest BCUT2D eigenvalue weighted by Gasteiger charge is -2.26. The lowest BCUT2D eigenvalue weighted by molar-refractivity contribution is 0.174. The van der Waals surface area contributed by atoms with E-state index in [1.807, 2.05) is 13.0 Å². The summed E-state index contributed by atoms with van der Waals surface area (Å²) >= 11 is 3.43. The number of hydrogen-bond donors (Lipinski definition) is 0. The van der Waals surface area contributed by atoms with Crippen LogP contribution in [-0.2, 0) is 6.42 Å².